The van der Waals surface area contributed by atoms with Gasteiger partial charge in [-0.2, -0.15) is 5.10 Å². The van der Waals surface area contributed by atoms with E-state index < -0.39 is 4.92 Å². The molecule has 0 aliphatic carbocycles. The summed E-state index contributed by atoms with van der Waals surface area (Å²) in [5.41, 5.74) is 0.628. The van der Waals surface area contributed by atoms with Crippen molar-refractivity contribution >= 4 is 11.6 Å². The van der Waals surface area contributed by atoms with Crippen molar-refractivity contribution in [2.24, 2.45) is 0 Å². The number of rotatable bonds is 3. The van der Waals surface area contributed by atoms with Crippen LogP contribution in [0.3, 0.4) is 0 Å². The van der Waals surface area contributed by atoms with Crippen LogP contribution in [0.25, 0.3) is 5.69 Å². The maximum absolute atomic E-state index is 12.8. The summed E-state index contributed by atoms with van der Waals surface area (Å²) in [4.78, 5) is 25.4. The van der Waals surface area contributed by atoms with Gasteiger partial charge in [-0.25, -0.2) is 4.68 Å². The number of carbonyl (C=O) groups is 1. The maximum Gasteiger partial charge on any atom is 0.294 e. The molecule has 1 N–H and O–H groups in total. The molecule has 3 heterocycles. The molecular formula is C17H19N5O3. The van der Waals surface area contributed by atoms with Crippen LogP contribution >= 0.6 is 0 Å². The summed E-state index contributed by atoms with van der Waals surface area (Å²) in [6.07, 6.45) is 4.98. The molecule has 8 heteroatoms. The first-order valence-electron chi connectivity index (χ1n) is 8.46. The average Bonchev–Trinajstić information content (AvgIpc) is 3.10. The van der Waals surface area contributed by atoms with E-state index in [9.17, 15) is 14.9 Å². The topological polar surface area (TPSA) is 93.3 Å². The number of nitrogens with zero attached hydrogens (tertiary/aromatic N) is 4. The summed E-state index contributed by atoms with van der Waals surface area (Å²) in [5.74, 6) is -0.115. The van der Waals surface area contributed by atoms with Gasteiger partial charge in [-0.1, -0.05) is 18.6 Å². The Bertz CT molecular complexity index is 806. The first-order valence-corrected chi connectivity index (χ1v) is 8.46. The highest BCUT2D eigenvalue weighted by molar-refractivity contribution is 5.92. The number of piperazine rings is 1. The van der Waals surface area contributed by atoms with Gasteiger partial charge in [0.2, 0.25) is 0 Å². The van der Waals surface area contributed by atoms with Crippen LogP contribution < -0.4 is 5.32 Å². The van der Waals surface area contributed by atoms with Gasteiger partial charge in [0.15, 0.2) is 5.69 Å². The van der Waals surface area contributed by atoms with Crippen molar-refractivity contribution in [2.45, 2.75) is 31.3 Å². The lowest BCUT2D eigenvalue weighted by atomic mass is 9.94. The molecule has 4 rings (SSSR count). The number of nitro groups is 1. The third kappa shape index (κ3) is 3.00. The lowest BCUT2D eigenvalue weighted by molar-refractivity contribution is -0.384. The molecule has 130 valence electrons. The number of piperidine rings is 1. The van der Waals surface area contributed by atoms with Crippen LogP contribution in [0.15, 0.2) is 36.5 Å². The van der Waals surface area contributed by atoms with Crippen molar-refractivity contribution in [1.82, 2.24) is 20.0 Å². The number of hydrogen-bond donors (Lipinski definition) is 1. The second-order valence-electron chi connectivity index (χ2n) is 6.59. The fraction of sp³-hybridized carbons (Fsp3) is 0.412. The lowest BCUT2D eigenvalue weighted by Gasteiger charge is -2.42. The minimum Gasteiger partial charge on any atom is -0.334 e. The summed E-state index contributed by atoms with van der Waals surface area (Å²) in [6, 6.07) is 8.70. The third-order valence-corrected chi connectivity index (χ3v) is 4.88. The fourth-order valence-corrected chi connectivity index (χ4v) is 3.72. The number of aromatic nitrogens is 2. The number of nitrogens with one attached hydrogen (secondary N) is 1. The standard InChI is InChI=1S/C17H19N5O3/c23-17(20-10-12-4-3-5-13(11-20)18-12)14-8-9-21(19-14)15-6-1-2-7-16(15)22(24)25/h1-2,6-9,12-13,18H,3-5,10-11H2. The molecule has 0 radical (unpaired) electrons. The highest BCUT2D eigenvalue weighted by atomic mass is 16.6. The van der Waals surface area contributed by atoms with Crippen molar-refractivity contribution in [3.63, 3.8) is 0 Å². The number of amides is 1. The minimum absolute atomic E-state index is 0.0405. The van der Waals surface area contributed by atoms with Crippen molar-refractivity contribution < 1.29 is 9.72 Å². The molecule has 1 amide bonds. The van der Waals surface area contributed by atoms with E-state index in [0.717, 1.165) is 12.8 Å². The van der Waals surface area contributed by atoms with Gasteiger partial charge in [0.05, 0.1) is 4.92 Å². The molecule has 25 heavy (non-hydrogen) atoms. The minimum atomic E-state index is -0.448. The Kier molecular flexibility index (Phi) is 3.96. The zero-order valence-corrected chi connectivity index (χ0v) is 13.7. The molecular weight excluding hydrogens is 322 g/mol. The molecule has 2 aliphatic heterocycles. The quantitative estimate of drug-likeness (QED) is 0.678. The molecule has 8 nitrogen and oxygen atoms in total. The van der Waals surface area contributed by atoms with Gasteiger partial charge < -0.3 is 10.2 Å². The van der Waals surface area contributed by atoms with Gasteiger partial charge in [0.1, 0.15) is 5.69 Å². The highest BCUT2D eigenvalue weighted by Crippen LogP contribution is 2.23. The van der Waals surface area contributed by atoms with E-state index in [0.29, 0.717) is 36.6 Å². The summed E-state index contributed by atoms with van der Waals surface area (Å²) in [5, 5.41) is 19.0. The maximum atomic E-state index is 12.8. The van der Waals surface area contributed by atoms with Crippen LogP contribution in [0.4, 0.5) is 5.69 Å². The van der Waals surface area contributed by atoms with E-state index in [2.05, 4.69) is 10.4 Å². The Morgan fingerprint density at radius 3 is 2.64 bits per heavy atom. The first-order chi connectivity index (χ1) is 12.1. The van der Waals surface area contributed by atoms with Gasteiger partial charge in [-0.3, -0.25) is 14.9 Å². The van der Waals surface area contributed by atoms with Crippen LogP contribution in [-0.4, -0.2) is 50.7 Å². The summed E-state index contributed by atoms with van der Waals surface area (Å²) in [6.45, 7) is 1.38. The second-order valence-corrected chi connectivity index (χ2v) is 6.59. The Morgan fingerprint density at radius 1 is 1.20 bits per heavy atom. The fourth-order valence-electron chi connectivity index (χ4n) is 3.72. The van der Waals surface area contributed by atoms with Gasteiger partial charge in [-0.15, -0.1) is 0 Å². The van der Waals surface area contributed by atoms with Gasteiger partial charge in [0, 0.05) is 37.4 Å². The van der Waals surface area contributed by atoms with Crippen LogP contribution in [-0.2, 0) is 0 Å². The number of nitro benzene ring substituents is 1. The van der Waals surface area contributed by atoms with Crippen LogP contribution in [0.1, 0.15) is 29.8 Å². The number of hydrogen-bond acceptors (Lipinski definition) is 5. The van der Waals surface area contributed by atoms with Crippen LogP contribution in [0.5, 0.6) is 0 Å². The van der Waals surface area contributed by atoms with E-state index in [-0.39, 0.29) is 11.6 Å². The SMILES string of the molecule is O=C(c1ccn(-c2ccccc2[N+](=O)[O-])n1)N1CC2CCCC(C1)N2. The van der Waals surface area contributed by atoms with E-state index in [4.69, 9.17) is 0 Å². The van der Waals surface area contributed by atoms with E-state index in [1.165, 1.54) is 17.2 Å². The van der Waals surface area contributed by atoms with Crippen molar-refractivity contribution in [3.8, 4) is 5.69 Å². The van der Waals surface area contributed by atoms with Crippen molar-refractivity contribution in [3.05, 3.63) is 52.3 Å². The predicted molar refractivity (Wildman–Crippen MR) is 90.7 cm³/mol. The Hall–Kier alpha value is -2.74. The van der Waals surface area contributed by atoms with Crippen molar-refractivity contribution in [2.75, 3.05) is 13.1 Å². The molecule has 1 aromatic carbocycles. The van der Waals surface area contributed by atoms with Gasteiger partial charge in [0.25, 0.3) is 11.6 Å². The Morgan fingerprint density at radius 2 is 1.92 bits per heavy atom. The monoisotopic (exact) mass is 341 g/mol. The second kappa shape index (κ2) is 6.29. The first kappa shape index (κ1) is 15.8. The van der Waals surface area contributed by atoms with Gasteiger partial charge >= 0.3 is 0 Å². The number of fused-ring (bicyclic) bond motifs is 2. The zero-order valence-electron chi connectivity index (χ0n) is 13.7. The number of para-hydroxylation sites is 2. The average molecular weight is 341 g/mol. The lowest BCUT2D eigenvalue weighted by Crippen LogP contribution is -2.59. The highest BCUT2D eigenvalue weighted by Gasteiger charge is 2.33. The van der Waals surface area contributed by atoms with E-state index >= 15 is 0 Å². The molecule has 2 aliphatic rings. The summed E-state index contributed by atoms with van der Waals surface area (Å²) >= 11 is 0. The van der Waals surface area contributed by atoms with E-state index in [1.807, 2.05) is 4.90 Å². The normalized spacial score (nSPS) is 22.6. The Labute approximate surface area is 144 Å². The Balaban J connectivity index is 1.57. The van der Waals surface area contributed by atoms with Crippen molar-refractivity contribution in [1.29, 1.82) is 0 Å². The molecule has 2 fully saturated rings. The molecule has 0 saturated carbocycles. The number of likely N-dealkylation sites (tertiary alicyclic amines) is 1. The molecule has 0 spiro atoms. The summed E-state index contributed by atoms with van der Waals surface area (Å²) < 4.78 is 1.40. The number of benzene rings is 1. The van der Waals surface area contributed by atoms with E-state index in [1.54, 1.807) is 30.5 Å². The number of carbonyl (C=O) groups excluding carboxylic acids is 1. The smallest absolute Gasteiger partial charge is 0.294 e. The molecule has 2 saturated heterocycles. The predicted octanol–water partition coefficient (Wildman–Crippen LogP) is 1.75. The van der Waals surface area contributed by atoms with Crippen LogP contribution in [0.2, 0.25) is 0 Å². The largest absolute Gasteiger partial charge is 0.334 e. The molecule has 2 aromatic rings. The van der Waals surface area contributed by atoms with Gasteiger partial charge in [-0.05, 0) is 25.0 Å². The summed E-state index contributed by atoms with van der Waals surface area (Å²) in [7, 11) is 0. The van der Waals surface area contributed by atoms with Crippen LogP contribution in [0, 0.1) is 10.1 Å². The molecule has 2 unspecified atom stereocenters. The molecule has 2 bridgehead atoms. The molecule has 1 aromatic heterocycles. The molecule has 2 atom stereocenters. The third-order valence-electron chi connectivity index (χ3n) is 4.88. The zero-order chi connectivity index (χ0) is 17.4.